The minimum atomic E-state index is -1.26. The number of rotatable bonds is 7. The third-order valence-electron chi connectivity index (χ3n) is 8.67. The lowest BCUT2D eigenvalue weighted by Gasteiger charge is -2.36. The van der Waals surface area contributed by atoms with Gasteiger partial charge in [0.05, 0.1) is 37.8 Å². The number of carbonyl (C=O) groups is 3. The first kappa shape index (κ1) is 26.2. The molecule has 10 nitrogen and oxygen atoms in total. The minimum absolute atomic E-state index is 0.0111. The summed E-state index contributed by atoms with van der Waals surface area (Å²) in [7, 11) is 0. The fraction of sp³-hybridized carbons (Fsp3) is 0.552. The van der Waals surface area contributed by atoms with Crippen LogP contribution in [-0.4, -0.2) is 126 Å². The van der Waals surface area contributed by atoms with Crippen molar-refractivity contribution in [2.24, 2.45) is 11.8 Å². The topological polar surface area (TPSA) is 103 Å². The molecule has 1 aromatic rings. The van der Waals surface area contributed by atoms with Gasteiger partial charge in [0.15, 0.2) is 0 Å². The van der Waals surface area contributed by atoms with E-state index in [4.69, 9.17) is 9.47 Å². The molecule has 1 unspecified atom stereocenters. The summed E-state index contributed by atoms with van der Waals surface area (Å²) in [5.41, 5.74) is -0.258. The Labute approximate surface area is 228 Å². The van der Waals surface area contributed by atoms with Crippen LogP contribution in [0.1, 0.15) is 5.56 Å². The number of amides is 3. The predicted octanol–water partition coefficient (Wildman–Crippen LogP) is -0.111. The van der Waals surface area contributed by atoms with Crippen molar-refractivity contribution in [3.8, 4) is 0 Å². The van der Waals surface area contributed by atoms with E-state index in [9.17, 15) is 19.5 Å². The van der Waals surface area contributed by atoms with Gasteiger partial charge >= 0.3 is 0 Å². The van der Waals surface area contributed by atoms with Gasteiger partial charge in [-0.15, -0.1) is 0 Å². The van der Waals surface area contributed by atoms with E-state index < -0.39 is 29.6 Å². The second-order valence-electron chi connectivity index (χ2n) is 10.9. The lowest BCUT2D eigenvalue weighted by Crippen LogP contribution is -2.56. The molecule has 5 aliphatic heterocycles. The van der Waals surface area contributed by atoms with Crippen LogP contribution in [-0.2, 0) is 30.4 Å². The fourth-order valence-corrected chi connectivity index (χ4v) is 6.82. The van der Waals surface area contributed by atoms with Crippen molar-refractivity contribution in [1.29, 1.82) is 0 Å². The highest BCUT2D eigenvalue weighted by Gasteiger charge is 2.71. The number of aliphatic hydroxyl groups excluding tert-OH is 1. The highest BCUT2D eigenvalue weighted by molar-refractivity contribution is 5.99. The number of morpholine rings is 1. The molecule has 5 aliphatic rings. The van der Waals surface area contributed by atoms with Crippen LogP contribution in [0.3, 0.4) is 0 Å². The zero-order chi connectivity index (χ0) is 27.0. The lowest BCUT2D eigenvalue weighted by atomic mass is 9.77. The van der Waals surface area contributed by atoms with Crippen LogP contribution >= 0.6 is 0 Å². The molecule has 0 bridgehead atoms. The average molecular weight is 537 g/mol. The molecule has 3 saturated heterocycles. The normalized spacial score (nSPS) is 32.7. The molecule has 0 saturated carbocycles. The maximum atomic E-state index is 14.1. The number of nitrogens with zero attached hydrogens (tertiary/aromatic N) is 4. The Morgan fingerprint density at radius 1 is 0.897 bits per heavy atom. The van der Waals surface area contributed by atoms with Crippen LogP contribution < -0.4 is 0 Å². The third kappa shape index (κ3) is 4.59. The summed E-state index contributed by atoms with van der Waals surface area (Å²) in [6.07, 6.45) is 6.94. The van der Waals surface area contributed by atoms with Gasteiger partial charge in [0.1, 0.15) is 11.6 Å². The molecule has 10 heteroatoms. The minimum Gasteiger partial charge on any atom is -0.395 e. The Morgan fingerprint density at radius 2 is 1.67 bits per heavy atom. The predicted molar refractivity (Wildman–Crippen MR) is 141 cm³/mol. The Hall–Kier alpha value is -3.05. The molecular formula is C29H36N4O6. The summed E-state index contributed by atoms with van der Waals surface area (Å²) < 4.78 is 12.1. The Morgan fingerprint density at radius 3 is 2.44 bits per heavy atom. The fourth-order valence-electron chi connectivity index (χ4n) is 6.82. The molecule has 6 rings (SSSR count). The number of benzene rings is 1. The smallest absolute Gasteiger partial charge is 0.249 e. The zero-order valence-corrected chi connectivity index (χ0v) is 22.1. The first-order valence-corrected chi connectivity index (χ1v) is 13.9. The van der Waals surface area contributed by atoms with E-state index in [2.05, 4.69) is 4.90 Å². The van der Waals surface area contributed by atoms with Gasteiger partial charge in [0.25, 0.3) is 0 Å². The quantitative estimate of drug-likeness (QED) is 0.485. The van der Waals surface area contributed by atoms with Crippen molar-refractivity contribution in [1.82, 2.24) is 19.6 Å². The molecule has 1 aromatic carbocycles. The van der Waals surface area contributed by atoms with Crippen LogP contribution in [0.5, 0.6) is 0 Å². The number of hydrogen-bond donors (Lipinski definition) is 1. The number of aliphatic hydroxyl groups is 1. The monoisotopic (exact) mass is 536 g/mol. The summed E-state index contributed by atoms with van der Waals surface area (Å²) >= 11 is 0. The van der Waals surface area contributed by atoms with E-state index in [0.717, 1.165) is 18.7 Å². The number of carbonyl (C=O) groups excluding carboxylic acids is 3. The number of ether oxygens (including phenoxy) is 2. The standard InChI is InChI=1S/C29H36N4O6/c34-17-14-33-25-28(37)31(13-12-30-15-18-38-19-16-30)11-5-9-29(25)24(27(33)36)23-22(39-29)8-4-10-32(26(23)35)20-21-6-2-1-3-7-21/h1-9,22-25,34H,10-20H2/t22-,23+,24-,25?,29-/m0/s1. The molecule has 39 heavy (non-hydrogen) atoms. The number of hydrogen-bond acceptors (Lipinski definition) is 7. The second-order valence-corrected chi connectivity index (χ2v) is 10.9. The van der Waals surface area contributed by atoms with E-state index in [1.165, 1.54) is 4.90 Å². The van der Waals surface area contributed by atoms with Gasteiger partial charge in [-0.3, -0.25) is 19.3 Å². The molecule has 0 aliphatic carbocycles. The van der Waals surface area contributed by atoms with Gasteiger partial charge in [0.2, 0.25) is 17.7 Å². The lowest BCUT2D eigenvalue weighted by molar-refractivity contribution is -0.148. The van der Waals surface area contributed by atoms with Gasteiger partial charge < -0.3 is 29.3 Å². The molecule has 0 aromatic heterocycles. The van der Waals surface area contributed by atoms with E-state index in [1.54, 1.807) is 9.80 Å². The van der Waals surface area contributed by atoms with Crippen molar-refractivity contribution in [2.75, 3.05) is 65.6 Å². The Kier molecular flexibility index (Phi) is 7.28. The molecule has 5 heterocycles. The van der Waals surface area contributed by atoms with Crippen molar-refractivity contribution in [3.05, 3.63) is 60.2 Å². The number of fused-ring (bicyclic) bond motifs is 2. The van der Waals surface area contributed by atoms with Crippen molar-refractivity contribution >= 4 is 17.7 Å². The summed E-state index contributed by atoms with van der Waals surface area (Å²) in [6.45, 7) is 5.21. The number of likely N-dealkylation sites (tertiary alicyclic amines) is 1. The second kappa shape index (κ2) is 10.8. The van der Waals surface area contributed by atoms with E-state index >= 15 is 0 Å². The van der Waals surface area contributed by atoms with Crippen molar-refractivity contribution in [3.63, 3.8) is 0 Å². The summed E-state index contributed by atoms with van der Waals surface area (Å²) in [6, 6.07) is 8.84. The molecule has 1 N–H and O–H groups in total. The molecule has 208 valence electrons. The maximum Gasteiger partial charge on any atom is 0.249 e. The van der Waals surface area contributed by atoms with Crippen LogP contribution in [0.4, 0.5) is 0 Å². The molecule has 1 spiro atoms. The molecule has 3 amide bonds. The van der Waals surface area contributed by atoms with Crippen LogP contribution in [0.25, 0.3) is 0 Å². The van der Waals surface area contributed by atoms with Gasteiger partial charge in [-0.25, -0.2) is 0 Å². The molecule has 0 radical (unpaired) electrons. The molecular weight excluding hydrogens is 500 g/mol. The van der Waals surface area contributed by atoms with Gasteiger partial charge in [-0.2, -0.15) is 0 Å². The highest BCUT2D eigenvalue weighted by atomic mass is 16.5. The van der Waals surface area contributed by atoms with E-state index in [1.807, 2.05) is 54.6 Å². The van der Waals surface area contributed by atoms with Crippen LogP contribution in [0.15, 0.2) is 54.6 Å². The molecule has 3 fully saturated rings. The van der Waals surface area contributed by atoms with Gasteiger partial charge in [-0.05, 0) is 5.56 Å². The first-order chi connectivity index (χ1) is 19.0. The van der Waals surface area contributed by atoms with Gasteiger partial charge in [-0.1, -0.05) is 54.6 Å². The van der Waals surface area contributed by atoms with E-state index in [0.29, 0.717) is 45.9 Å². The maximum absolute atomic E-state index is 14.1. The van der Waals surface area contributed by atoms with Crippen molar-refractivity contribution in [2.45, 2.75) is 24.3 Å². The SMILES string of the molecule is O=C1C2N(CCO)C(=O)[C@@H]3[C@@H]4C(=O)N(Cc5ccccc5)CC=C[C@@H]4O[C@]23C=CCN1CCN1CCOCC1. The summed E-state index contributed by atoms with van der Waals surface area (Å²) in [5, 5.41) is 9.84. The van der Waals surface area contributed by atoms with Crippen molar-refractivity contribution < 1.29 is 29.0 Å². The molecule has 5 atom stereocenters. The Bertz CT molecular complexity index is 1150. The summed E-state index contributed by atoms with van der Waals surface area (Å²) in [5.74, 6) is -2.25. The number of β-amino-alcohol motifs (C(OH)–C–C–N with tert-alkyl or cyclic N) is 1. The largest absolute Gasteiger partial charge is 0.395 e. The van der Waals surface area contributed by atoms with E-state index in [-0.39, 0.29) is 30.9 Å². The highest BCUT2D eigenvalue weighted by Crippen LogP contribution is 2.53. The Balaban J connectivity index is 1.29. The first-order valence-electron chi connectivity index (χ1n) is 13.9. The third-order valence-corrected chi connectivity index (χ3v) is 8.67. The van der Waals surface area contributed by atoms with Crippen LogP contribution in [0.2, 0.25) is 0 Å². The summed E-state index contributed by atoms with van der Waals surface area (Å²) in [4.78, 5) is 49.4. The van der Waals surface area contributed by atoms with Crippen LogP contribution in [0, 0.1) is 11.8 Å². The zero-order valence-electron chi connectivity index (χ0n) is 22.1. The van der Waals surface area contributed by atoms with Gasteiger partial charge in [0, 0.05) is 52.4 Å². The average Bonchev–Trinajstić information content (AvgIpc) is 3.27.